The van der Waals surface area contributed by atoms with Gasteiger partial charge in [0.1, 0.15) is 11.6 Å². The van der Waals surface area contributed by atoms with E-state index >= 15 is 0 Å². The number of benzene rings is 1. The van der Waals surface area contributed by atoms with Crippen molar-refractivity contribution in [3.8, 4) is 11.4 Å². The molecule has 0 bridgehead atoms. The lowest BCUT2D eigenvalue weighted by Crippen LogP contribution is -2.58. The number of imidazole rings is 1. The molecule has 1 unspecified atom stereocenters. The van der Waals surface area contributed by atoms with Crippen LogP contribution in [0.5, 0.6) is 0 Å². The van der Waals surface area contributed by atoms with E-state index in [9.17, 15) is 0 Å². The summed E-state index contributed by atoms with van der Waals surface area (Å²) in [6.45, 7) is 8.57. The molecule has 5 rings (SSSR count). The smallest absolute Gasteiger partial charge is 0.147 e. The Morgan fingerprint density at radius 2 is 1.82 bits per heavy atom. The molecule has 0 spiro atoms. The van der Waals surface area contributed by atoms with Gasteiger partial charge in [-0.3, -0.25) is 9.80 Å². The number of rotatable bonds is 6. The SMILES string of the molecule is CCC1CN(c2ncc(-c3ncc[nH]3)cc2Cl)CCN1C1CCN(Cc2ccc(Cl)cc2)CC1. The van der Waals surface area contributed by atoms with Crippen molar-refractivity contribution in [3.63, 3.8) is 0 Å². The van der Waals surface area contributed by atoms with Gasteiger partial charge in [0.2, 0.25) is 0 Å². The Morgan fingerprint density at radius 1 is 1.03 bits per heavy atom. The van der Waals surface area contributed by atoms with Gasteiger partial charge in [-0.1, -0.05) is 42.3 Å². The van der Waals surface area contributed by atoms with E-state index in [-0.39, 0.29) is 0 Å². The number of likely N-dealkylation sites (tertiary alicyclic amines) is 1. The van der Waals surface area contributed by atoms with E-state index < -0.39 is 0 Å². The lowest BCUT2D eigenvalue weighted by atomic mass is 9.98. The van der Waals surface area contributed by atoms with Crippen molar-refractivity contribution >= 4 is 29.0 Å². The van der Waals surface area contributed by atoms with E-state index in [1.54, 1.807) is 6.20 Å². The van der Waals surface area contributed by atoms with Gasteiger partial charge in [0.25, 0.3) is 0 Å². The molecule has 34 heavy (non-hydrogen) atoms. The molecule has 2 saturated heterocycles. The predicted octanol–water partition coefficient (Wildman–Crippen LogP) is 5.34. The summed E-state index contributed by atoms with van der Waals surface area (Å²) < 4.78 is 0. The highest BCUT2D eigenvalue weighted by molar-refractivity contribution is 6.33. The number of hydrogen-bond acceptors (Lipinski definition) is 5. The molecule has 2 aromatic heterocycles. The van der Waals surface area contributed by atoms with Crippen molar-refractivity contribution in [2.45, 2.75) is 44.8 Å². The zero-order valence-electron chi connectivity index (χ0n) is 19.6. The van der Waals surface area contributed by atoms with Crippen molar-refractivity contribution in [2.24, 2.45) is 0 Å². The van der Waals surface area contributed by atoms with Gasteiger partial charge in [-0.15, -0.1) is 0 Å². The van der Waals surface area contributed by atoms with Crippen LogP contribution >= 0.6 is 23.2 Å². The van der Waals surface area contributed by atoms with E-state index in [4.69, 9.17) is 28.2 Å². The van der Waals surface area contributed by atoms with Crippen molar-refractivity contribution < 1.29 is 0 Å². The van der Waals surface area contributed by atoms with Crippen molar-refractivity contribution in [3.05, 3.63) is 64.5 Å². The molecular weight excluding hydrogens is 467 g/mol. The van der Waals surface area contributed by atoms with Crippen LogP contribution in [0.4, 0.5) is 5.82 Å². The molecular formula is C26H32Cl2N6. The molecule has 2 aliphatic rings. The molecule has 6 nitrogen and oxygen atoms in total. The number of aromatic nitrogens is 3. The van der Waals surface area contributed by atoms with E-state index in [2.05, 4.69) is 43.7 Å². The molecule has 1 aromatic carbocycles. The first-order valence-corrected chi connectivity index (χ1v) is 13.0. The maximum absolute atomic E-state index is 6.67. The van der Waals surface area contributed by atoms with E-state index in [0.29, 0.717) is 17.1 Å². The minimum absolute atomic E-state index is 0.518. The number of hydrogen-bond donors (Lipinski definition) is 1. The third-order valence-electron chi connectivity index (χ3n) is 7.24. The first kappa shape index (κ1) is 23.6. The zero-order valence-corrected chi connectivity index (χ0v) is 21.1. The molecule has 4 heterocycles. The number of nitrogens with zero attached hydrogens (tertiary/aromatic N) is 5. The van der Waals surface area contributed by atoms with Crippen LogP contribution in [0.15, 0.2) is 48.9 Å². The highest BCUT2D eigenvalue weighted by Gasteiger charge is 2.34. The van der Waals surface area contributed by atoms with Crippen LogP contribution in [0, 0.1) is 0 Å². The summed E-state index contributed by atoms with van der Waals surface area (Å²) in [5.41, 5.74) is 2.25. The van der Waals surface area contributed by atoms with Crippen LogP contribution in [0.2, 0.25) is 10.0 Å². The summed E-state index contributed by atoms with van der Waals surface area (Å²) in [6.07, 6.45) is 8.99. The van der Waals surface area contributed by atoms with Gasteiger partial charge in [-0.2, -0.15) is 0 Å². The van der Waals surface area contributed by atoms with Crippen molar-refractivity contribution in [2.75, 3.05) is 37.6 Å². The van der Waals surface area contributed by atoms with E-state index in [0.717, 1.165) is 67.9 Å². The Kier molecular flexibility index (Phi) is 7.40. The average molecular weight is 499 g/mol. The van der Waals surface area contributed by atoms with Gasteiger partial charge in [0.15, 0.2) is 0 Å². The standard InChI is InChI=1S/C26H32Cl2N6/c1-2-22-18-33(26-24(28)15-20(16-31-26)25-29-9-10-30-25)13-14-34(22)23-7-11-32(12-8-23)17-19-3-5-21(27)6-4-19/h3-6,9-10,15-16,22-23H,2,7-8,11-14,17-18H2,1H3,(H,29,30). The lowest BCUT2D eigenvalue weighted by Gasteiger charge is -2.47. The predicted molar refractivity (Wildman–Crippen MR) is 140 cm³/mol. The minimum Gasteiger partial charge on any atom is -0.353 e. The molecule has 2 fully saturated rings. The Balaban J connectivity index is 1.18. The van der Waals surface area contributed by atoms with Crippen molar-refractivity contribution in [1.82, 2.24) is 24.8 Å². The fraction of sp³-hybridized carbons (Fsp3) is 0.462. The van der Waals surface area contributed by atoms with Crippen LogP contribution in [0.1, 0.15) is 31.7 Å². The van der Waals surface area contributed by atoms with Crippen LogP contribution in [0.25, 0.3) is 11.4 Å². The van der Waals surface area contributed by atoms with Crippen LogP contribution in [-0.4, -0.2) is 69.6 Å². The first-order valence-electron chi connectivity index (χ1n) is 12.2. The Bertz CT molecular complexity index is 1060. The fourth-order valence-corrected chi connectivity index (χ4v) is 5.79. The Hall–Kier alpha value is -2.12. The van der Waals surface area contributed by atoms with Gasteiger partial charge in [0, 0.05) is 67.4 Å². The number of aromatic amines is 1. The molecule has 3 aromatic rings. The van der Waals surface area contributed by atoms with E-state index in [1.165, 1.54) is 18.4 Å². The summed E-state index contributed by atoms with van der Waals surface area (Å²) in [7, 11) is 0. The number of piperidine rings is 1. The second-order valence-corrected chi connectivity index (χ2v) is 10.2. The summed E-state index contributed by atoms with van der Waals surface area (Å²) >= 11 is 12.7. The second kappa shape index (κ2) is 10.6. The third-order valence-corrected chi connectivity index (χ3v) is 7.77. The van der Waals surface area contributed by atoms with Crippen LogP contribution < -0.4 is 4.90 Å². The summed E-state index contributed by atoms with van der Waals surface area (Å²) in [4.78, 5) is 19.8. The average Bonchev–Trinajstić information content (AvgIpc) is 3.41. The number of halogens is 2. The number of anilines is 1. The lowest BCUT2D eigenvalue weighted by molar-refractivity contribution is 0.0610. The van der Waals surface area contributed by atoms with Crippen molar-refractivity contribution in [1.29, 1.82) is 0 Å². The maximum atomic E-state index is 6.67. The molecule has 1 atom stereocenters. The van der Waals surface area contributed by atoms with Crippen LogP contribution in [0.3, 0.4) is 0 Å². The molecule has 0 aliphatic carbocycles. The topological polar surface area (TPSA) is 51.3 Å². The molecule has 0 amide bonds. The monoisotopic (exact) mass is 498 g/mol. The third kappa shape index (κ3) is 5.25. The molecule has 2 aliphatic heterocycles. The van der Waals surface area contributed by atoms with E-state index in [1.807, 2.05) is 30.6 Å². The normalized spacial score (nSPS) is 20.7. The second-order valence-electron chi connectivity index (χ2n) is 9.35. The number of pyridine rings is 1. The van der Waals surface area contributed by atoms with Gasteiger partial charge in [0.05, 0.1) is 5.02 Å². The number of nitrogens with one attached hydrogen (secondary N) is 1. The number of H-pyrrole nitrogens is 1. The van der Waals surface area contributed by atoms with Crippen LogP contribution in [-0.2, 0) is 6.54 Å². The first-order chi connectivity index (χ1) is 16.6. The van der Waals surface area contributed by atoms with Gasteiger partial charge >= 0.3 is 0 Å². The Morgan fingerprint density at radius 3 is 2.50 bits per heavy atom. The van der Waals surface area contributed by atoms with Gasteiger partial charge in [-0.05, 0) is 56.1 Å². The highest BCUT2D eigenvalue weighted by Crippen LogP contribution is 2.31. The molecule has 8 heteroatoms. The summed E-state index contributed by atoms with van der Waals surface area (Å²) in [5, 5.41) is 1.49. The summed E-state index contributed by atoms with van der Waals surface area (Å²) in [5.74, 6) is 1.67. The minimum atomic E-state index is 0.518. The molecule has 0 radical (unpaired) electrons. The molecule has 180 valence electrons. The molecule has 1 N–H and O–H groups in total. The summed E-state index contributed by atoms with van der Waals surface area (Å²) in [6, 6.07) is 11.4. The van der Waals surface area contributed by atoms with Gasteiger partial charge < -0.3 is 9.88 Å². The fourth-order valence-electron chi connectivity index (χ4n) is 5.38. The largest absolute Gasteiger partial charge is 0.353 e. The Labute approximate surface area is 211 Å². The quantitative estimate of drug-likeness (QED) is 0.496. The van der Waals surface area contributed by atoms with Gasteiger partial charge in [-0.25, -0.2) is 9.97 Å². The zero-order chi connectivity index (χ0) is 23.5. The molecule has 0 saturated carbocycles. The maximum Gasteiger partial charge on any atom is 0.147 e. The number of piperazine rings is 1. The highest BCUT2D eigenvalue weighted by atomic mass is 35.5.